The Morgan fingerprint density at radius 3 is 2.50 bits per heavy atom. The van der Waals surface area contributed by atoms with Crippen molar-refractivity contribution in [2.24, 2.45) is 0 Å². The van der Waals surface area contributed by atoms with E-state index in [0.29, 0.717) is 5.56 Å². The second-order valence-corrected chi connectivity index (χ2v) is 7.34. The molecule has 0 bridgehead atoms. The van der Waals surface area contributed by atoms with Crippen LogP contribution in [0.25, 0.3) is 0 Å². The number of piperidine rings is 1. The first kappa shape index (κ1) is 15.8. The van der Waals surface area contributed by atoms with Crippen molar-refractivity contribution in [3.8, 4) is 0 Å². The molecular weight excluding hydrogens is 296 g/mol. The van der Waals surface area contributed by atoms with Crippen LogP contribution in [0.5, 0.6) is 0 Å². The van der Waals surface area contributed by atoms with Crippen molar-refractivity contribution in [3.63, 3.8) is 0 Å². The third kappa shape index (κ3) is 3.83. The lowest BCUT2D eigenvalue weighted by Gasteiger charge is -2.40. The van der Waals surface area contributed by atoms with Gasteiger partial charge in [-0.3, -0.25) is 9.80 Å². The Kier molecular flexibility index (Phi) is 5.39. The SMILES string of the molecule is O=C(O)c1ccccc1CN1CCC(N2CCSCC2)CC1. The topological polar surface area (TPSA) is 43.8 Å². The normalized spacial score (nSPS) is 21.8. The zero-order chi connectivity index (χ0) is 15.4. The van der Waals surface area contributed by atoms with E-state index < -0.39 is 5.97 Å². The van der Waals surface area contributed by atoms with Crippen molar-refractivity contribution in [2.75, 3.05) is 37.7 Å². The molecule has 3 rings (SSSR count). The first-order valence-corrected chi connectivity index (χ1v) is 9.25. The molecule has 2 aliphatic rings. The molecule has 1 N–H and O–H groups in total. The van der Waals surface area contributed by atoms with Crippen LogP contribution in [0.3, 0.4) is 0 Å². The Hall–Kier alpha value is -1.04. The number of thioether (sulfide) groups is 1. The molecule has 22 heavy (non-hydrogen) atoms. The lowest BCUT2D eigenvalue weighted by Crippen LogP contribution is -2.47. The molecule has 5 heteroatoms. The largest absolute Gasteiger partial charge is 0.478 e. The summed E-state index contributed by atoms with van der Waals surface area (Å²) in [6.45, 7) is 5.37. The van der Waals surface area contributed by atoms with Gasteiger partial charge in [0.2, 0.25) is 0 Å². The van der Waals surface area contributed by atoms with Gasteiger partial charge in [0.25, 0.3) is 0 Å². The zero-order valence-electron chi connectivity index (χ0n) is 12.9. The molecular formula is C17H24N2O2S. The van der Waals surface area contributed by atoms with E-state index in [9.17, 15) is 9.90 Å². The van der Waals surface area contributed by atoms with Gasteiger partial charge in [-0.1, -0.05) is 18.2 Å². The van der Waals surface area contributed by atoms with E-state index in [2.05, 4.69) is 21.6 Å². The second kappa shape index (κ2) is 7.49. The molecule has 2 saturated heterocycles. The van der Waals surface area contributed by atoms with Gasteiger partial charge in [0, 0.05) is 37.2 Å². The molecule has 1 aromatic carbocycles. The molecule has 0 radical (unpaired) electrons. The Bertz CT molecular complexity index is 509. The van der Waals surface area contributed by atoms with Crippen LogP contribution in [0.2, 0.25) is 0 Å². The number of carboxylic acid groups (broad SMARTS) is 1. The minimum Gasteiger partial charge on any atom is -0.478 e. The quantitative estimate of drug-likeness (QED) is 0.923. The molecule has 0 unspecified atom stereocenters. The Labute approximate surface area is 136 Å². The van der Waals surface area contributed by atoms with Crippen molar-refractivity contribution < 1.29 is 9.90 Å². The lowest BCUT2D eigenvalue weighted by molar-refractivity contribution is 0.0692. The highest BCUT2D eigenvalue weighted by molar-refractivity contribution is 7.99. The van der Waals surface area contributed by atoms with Crippen LogP contribution in [0.4, 0.5) is 0 Å². The smallest absolute Gasteiger partial charge is 0.336 e. The standard InChI is InChI=1S/C17H24N2O2S/c20-17(21)16-4-2-1-3-14(16)13-18-7-5-15(6-8-18)19-9-11-22-12-10-19/h1-4,15H,5-13H2,(H,20,21). The number of nitrogens with zero attached hydrogens (tertiary/aromatic N) is 2. The molecule has 1 aromatic rings. The van der Waals surface area contributed by atoms with Gasteiger partial charge in [0.1, 0.15) is 0 Å². The summed E-state index contributed by atoms with van der Waals surface area (Å²) in [5, 5.41) is 9.28. The molecule has 120 valence electrons. The summed E-state index contributed by atoms with van der Waals surface area (Å²) >= 11 is 2.06. The average molecular weight is 320 g/mol. The molecule has 2 heterocycles. The highest BCUT2D eigenvalue weighted by Crippen LogP contribution is 2.22. The van der Waals surface area contributed by atoms with E-state index >= 15 is 0 Å². The van der Waals surface area contributed by atoms with Crippen LogP contribution in [0.1, 0.15) is 28.8 Å². The van der Waals surface area contributed by atoms with Gasteiger partial charge in [0.15, 0.2) is 0 Å². The van der Waals surface area contributed by atoms with Crippen LogP contribution < -0.4 is 0 Å². The van der Waals surface area contributed by atoms with E-state index in [0.717, 1.165) is 31.2 Å². The second-order valence-electron chi connectivity index (χ2n) is 6.12. The Morgan fingerprint density at radius 1 is 1.14 bits per heavy atom. The summed E-state index contributed by atoms with van der Waals surface area (Å²) in [6.07, 6.45) is 2.42. The highest BCUT2D eigenvalue weighted by Gasteiger charge is 2.26. The predicted octanol–water partition coefficient (Wildman–Crippen LogP) is 2.40. The summed E-state index contributed by atoms with van der Waals surface area (Å²) in [7, 11) is 0. The van der Waals surface area contributed by atoms with Gasteiger partial charge < -0.3 is 5.11 Å². The number of aromatic carboxylic acids is 1. The number of hydrogen-bond donors (Lipinski definition) is 1. The van der Waals surface area contributed by atoms with Crippen molar-refractivity contribution in [1.82, 2.24) is 9.80 Å². The predicted molar refractivity (Wildman–Crippen MR) is 90.6 cm³/mol. The maximum atomic E-state index is 11.3. The molecule has 0 saturated carbocycles. The van der Waals surface area contributed by atoms with Crippen molar-refractivity contribution in [3.05, 3.63) is 35.4 Å². The van der Waals surface area contributed by atoms with Crippen molar-refractivity contribution >= 4 is 17.7 Å². The van der Waals surface area contributed by atoms with Crippen LogP contribution in [-0.2, 0) is 6.54 Å². The van der Waals surface area contributed by atoms with E-state index in [-0.39, 0.29) is 0 Å². The summed E-state index contributed by atoms with van der Waals surface area (Å²) in [4.78, 5) is 16.3. The highest BCUT2D eigenvalue weighted by atomic mass is 32.2. The van der Waals surface area contributed by atoms with Gasteiger partial charge in [-0.25, -0.2) is 4.79 Å². The molecule has 0 aromatic heterocycles. The van der Waals surface area contributed by atoms with Gasteiger partial charge in [-0.15, -0.1) is 0 Å². The Morgan fingerprint density at radius 2 is 1.82 bits per heavy atom. The first-order valence-electron chi connectivity index (χ1n) is 8.09. The number of rotatable bonds is 4. The van der Waals surface area contributed by atoms with Crippen LogP contribution >= 0.6 is 11.8 Å². The molecule has 4 nitrogen and oxygen atoms in total. The minimum atomic E-state index is -0.823. The van der Waals surface area contributed by atoms with Crippen LogP contribution in [0, 0.1) is 0 Å². The third-order valence-corrected chi connectivity index (χ3v) is 5.70. The molecule has 0 aliphatic carbocycles. The number of carboxylic acids is 1. The van der Waals surface area contributed by atoms with Gasteiger partial charge in [-0.05, 0) is 37.6 Å². The van der Waals surface area contributed by atoms with Crippen molar-refractivity contribution in [1.29, 1.82) is 0 Å². The molecule has 2 fully saturated rings. The Balaban J connectivity index is 1.55. The number of likely N-dealkylation sites (tertiary alicyclic amines) is 1. The van der Waals surface area contributed by atoms with E-state index in [1.807, 2.05) is 12.1 Å². The van der Waals surface area contributed by atoms with E-state index in [4.69, 9.17) is 0 Å². The number of hydrogen-bond acceptors (Lipinski definition) is 4. The maximum absolute atomic E-state index is 11.3. The molecule has 0 amide bonds. The maximum Gasteiger partial charge on any atom is 0.336 e. The van der Waals surface area contributed by atoms with Crippen LogP contribution in [0.15, 0.2) is 24.3 Å². The fourth-order valence-electron chi connectivity index (χ4n) is 3.49. The zero-order valence-corrected chi connectivity index (χ0v) is 13.7. The minimum absolute atomic E-state index is 0.442. The van der Waals surface area contributed by atoms with Crippen molar-refractivity contribution in [2.45, 2.75) is 25.4 Å². The molecule has 0 atom stereocenters. The monoisotopic (exact) mass is 320 g/mol. The third-order valence-electron chi connectivity index (χ3n) is 4.76. The molecule has 2 aliphatic heterocycles. The van der Waals surface area contributed by atoms with E-state index in [1.54, 1.807) is 12.1 Å². The summed E-state index contributed by atoms with van der Waals surface area (Å²) in [5.41, 5.74) is 1.38. The fourth-order valence-corrected chi connectivity index (χ4v) is 4.42. The summed E-state index contributed by atoms with van der Waals surface area (Å²) in [6, 6.07) is 8.10. The first-order chi connectivity index (χ1) is 10.7. The van der Waals surface area contributed by atoms with Gasteiger partial charge >= 0.3 is 5.97 Å². The number of benzene rings is 1. The van der Waals surface area contributed by atoms with Crippen LogP contribution in [-0.4, -0.2) is 64.6 Å². The van der Waals surface area contributed by atoms with Gasteiger partial charge in [0.05, 0.1) is 5.56 Å². The lowest BCUT2D eigenvalue weighted by atomic mass is 10.0. The van der Waals surface area contributed by atoms with Gasteiger partial charge in [-0.2, -0.15) is 11.8 Å². The fraction of sp³-hybridized carbons (Fsp3) is 0.588. The molecule has 0 spiro atoms. The average Bonchev–Trinajstić information content (AvgIpc) is 2.57. The van der Waals surface area contributed by atoms with E-state index in [1.165, 1.54) is 37.4 Å². The summed E-state index contributed by atoms with van der Waals surface area (Å²) in [5.74, 6) is 1.72. The number of carbonyl (C=O) groups is 1. The summed E-state index contributed by atoms with van der Waals surface area (Å²) < 4.78 is 0.